The molecule has 3 aliphatic carbocycles. The molecule has 8 N–H and O–H groups in total. The molecular formula is C35H39N5O8S. The largest absolute Gasteiger partial charge is 0.508 e. The van der Waals surface area contributed by atoms with Crippen molar-refractivity contribution in [3.63, 3.8) is 0 Å². The van der Waals surface area contributed by atoms with E-state index in [0.717, 1.165) is 24.3 Å². The number of nitrogens with zero attached hydrogens (tertiary/aromatic N) is 3. The summed E-state index contributed by atoms with van der Waals surface area (Å²) in [5.41, 5.74) is 4.19. The minimum Gasteiger partial charge on any atom is -0.508 e. The first-order valence-electron chi connectivity index (χ1n) is 15.9. The normalized spacial score (nSPS) is 26.4. The number of benzene rings is 2. The second kappa shape index (κ2) is 12.3. The smallest absolute Gasteiger partial charge is 0.255 e. The Morgan fingerprint density at radius 1 is 1.06 bits per heavy atom. The van der Waals surface area contributed by atoms with Crippen molar-refractivity contribution in [2.24, 2.45) is 17.6 Å². The molecule has 14 heteroatoms. The number of primary amides is 1. The fraction of sp³-hybridized carbons (Fsp3) is 0.371. The number of amides is 1. The molecule has 258 valence electrons. The van der Waals surface area contributed by atoms with Crippen LogP contribution < -0.4 is 16.0 Å². The Kier molecular flexibility index (Phi) is 8.55. The predicted octanol–water partition coefficient (Wildman–Crippen LogP) is 3.21. The van der Waals surface area contributed by atoms with Crippen LogP contribution in [-0.4, -0.2) is 97.8 Å². The summed E-state index contributed by atoms with van der Waals surface area (Å²) in [5, 5.41) is 63.3. The number of fused-ring (bicyclic) bond motifs is 3. The van der Waals surface area contributed by atoms with E-state index < -0.39 is 81.4 Å². The van der Waals surface area contributed by atoms with Gasteiger partial charge in [0.25, 0.3) is 5.91 Å². The zero-order chi connectivity index (χ0) is 35.7. The number of Topliss-reactive ketones (excluding diaryl/α,β-unsaturated/α-hetero) is 2. The van der Waals surface area contributed by atoms with Gasteiger partial charge < -0.3 is 41.5 Å². The third-order valence-electron chi connectivity index (χ3n) is 10.2. The number of aromatic hydroxyl groups is 1. The van der Waals surface area contributed by atoms with Gasteiger partial charge >= 0.3 is 0 Å². The number of ketones is 2. The van der Waals surface area contributed by atoms with Gasteiger partial charge in [0.05, 0.1) is 35.0 Å². The lowest BCUT2D eigenvalue weighted by molar-refractivity contribution is -0.169. The van der Waals surface area contributed by atoms with Crippen molar-refractivity contribution in [2.45, 2.75) is 44.4 Å². The number of anilines is 3. The number of rotatable bonds is 8. The van der Waals surface area contributed by atoms with Crippen LogP contribution in [0.3, 0.4) is 0 Å². The zero-order valence-corrected chi connectivity index (χ0v) is 28.4. The van der Waals surface area contributed by atoms with Gasteiger partial charge in [-0.2, -0.15) is 0 Å². The number of hydrogen-bond donors (Lipinski definition) is 7. The summed E-state index contributed by atoms with van der Waals surface area (Å²) in [6, 6.07) is 9.87. The van der Waals surface area contributed by atoms with E-state index in [0.29, 0.717) is 16.4 Å². The lowest BCUT2D eigenvalue weighted by atomic mass is 9.54. The Labute approximate surface area is 286 Å². The van der Waals surface area contributed by atoms with Crippen molar-refractivity contribution in [1.82, 2.24) is 9.88 Å². The average Bonchev–Trinajstić information content (AvgIpc) is 3.53. The summed E-state index contributed by atoms with van der Waals surface area (Å²) < 4.78 is 0. The SMILES string of the molecule is CCN(CC)c1ccc(-c2csc(Nc3ccc4c(c3O)C(O)=C3C(=O)[C@@]5(O)C(O)=C(C(N)=O)C(=O)[C@H](N(C)C)[C@H]5[C@H](O)[C@H]3[C@@H]4C)n2)cc1. The van der Waals surface area contributed by atoms with Gasteiger partial charge in [0.15, 0.2) is 16.5 Å². The third-order valence-corrected chi connectivity index (χ3v) is 10.9. The molecule has 1 amide bonds. The summed E-state index contributed by atoms with van der Waals surface area (Å²) in [5.74, 6) is -9.40. The molecule has 3 aromatic rings. The molecule has 13 nitrogen and oxygen atoms in total. The standard InChI is InChI=1S/C35H39N5O8S/c1-6-40(7-2)17-10-8-16(9-11-17)20-14-49-34(38-20)37-19-13-12-18-15(3)21-23(28(42)22(18)27(19)41)31(45)35(48)25(29(21)43)26(39(4)5)30(44)24(32(35)46)33(36)47/h8-15,21,25-26,29,41-43,46,48H,6-7H2,1-5H3,(H2,36,47)(H,37,38)/t15-,21+,25+,26-,29-,35-/m1/s1. The molecule has 1 fully saturated rings. The maximum atomic E-state index is 14.2. The molecule has 3 aliphatic rings. The van der Waals surface area contributed by atoms with Gasteiger partial charge in [-0.1, -0.05) is 25.1 Å². The van der Waals surface area contributed by atoms with Crippen LogP contribution in [0.5, 0.6) is 5.75 Å². The molecule has 49 heavy (non-hydrogen) atoms. The van der Waals surface area contributed by atoms with Crippen LogP contribution in [-0.2, 0) is 14.4 Å². The number of carbonyl (C=O) groups is 3. The summed E-state index contributed by atoms with van der Waals surface area (Å²) in [7, 11) is 2.93. The molecule has 0 saturated heterocycles. The minimum atomic E-state index is -2.98. The first-order chi connectivity index (χ1) is 23.2. The minimum absolute atomic E-state index is 0.107. The highest BCUT2D eigenvalue weighted by Gasteiger charge is 2.68. The van der Waals surface area contributed by atoms with Crippen LogP contribution in [0.25, 0.3) is 17.0 Å². The van der Waals surface area contributed by atoms with Gasteiger partial charge in [-0.25, -0.2) is 4.98 Å². The van der Waals surface area contributed by atoms with E-state index >= 15 is 0 Å². The summed E-state index contributed by atoms with van der Waals surface area (Å²) in [6.45, 7) is 7.65. The highest BCUT2D eigenvalue weighted by atomic mass is 32.1. The number of aliphatic hydroxyl groups excluding tert-OH is 3. The maximum Gasteiger partial charge on any atom is 0.255 e. The van der Waals surface area contributed by atoms with Gasteiger partial charge in [0.1, 0.15) is 22.8 Å². The van der Waals surface area contributed by atoms with Crippen LogP contribution in [0, 0.1) is 11.8 Å². The van der Waals surface area contributed by atoms with Crippen molar-refractivity contribution >= 4 is 51.1 Å². The third kappa shape index (κ3) is 5.00. The molecule has 2 aromatic carbocycles. The van der Waals surface area contributed by atoms with Crippen molar-refractivity contribution in [3.05, 3.63) is 69.8 Å². The quantitative estimate of drug-likeness (QED) is 0.134. The van der Waals surface area contributed by atoms with Crippen LogP contribution in [0.15, 0.2) is 58.7 Å². The predicted molar refractivity (Wildman–Crippen MR) is 185 cm³/mol. The number of carbonyl (C=O) groups excluding carboxylic acids is 3. The fourth-order valence-electron chi connectivity index (χ4n) is 7.73. The highest BCUT2D eigenvalue weighted by molar-refractivity contribution is 7.14. The lowest BCUT2D eigenvalue weighted by Crippen LogP contribution is -2.70. The number of hydrogen-bond acceptors (Lipinski definition) is 13. The summed E-state index contributed by atoms with van der Waals surface area (Å²) in [6.07, 6.45) is -1.66. The Bertz CT molecular complexity index is 1930. The van der Waals surface area contributed by atoms with E-state index in [2.05, 4.69) is 29.0 Å². The lowest BCUT2D eigenvalue weighted by Gasteiger charge is -2.53. The number of nitrogens with two attached hydrogens (primary N) is 1. The Morgan fingerprint density at radius 3 is 2.31 bits per heavy atom. The van der Waals surface area contributed by atoms with Crippen LogP contribution in [0.4, 0.5) is 16.5 Å². The molecule has 0 aliphatic heterocycles. The number of aromatic nitrogens is 1. The number of likely N-dealkylation sites (N-methyl/N-ethyl adjacent to an activating group) is 1. The van der Waals surface area contributed by atoms with Crippen LogP contribution in [0.1, 0.15) is 37.8 Å². The summed E-state index contributed by atoms with van der Waals surface area (Å²) >= 11 is 1.30. The molecule has 1 saturated carbocycles. The molecular weight excluding hydrogens is 650 g/mol. The van der Waals surface area contributed by atoms with Crippen molar-refractivity contribution in [3.8, 4) is 17.0 Å². The van der Waals surface area contributed by atoms with E-state index in [4.69, 9.17) is 5.73 Å². The zero-order valence-electron chi connectivity index (χ0n) is 27.6. The van der Waals surface area contributed by atoms with Crippen LogP contribution >= 0.6 is 11.3 Å². The maximum absolute atomic E-state index is 14.2. The van der Waals surface area contributed by atoms with Gasteiger partial charge in [-0.05, 0) is 57.6 Å². The van der Waals surface area contributed by atoms with Gasteiger partial charge in [-0.3, -0.25) is 19.3 Å². The highest BCUT2D eigenvalue weighted by Crippen LogP contribution is 2.56. The number of phenols is 1. The molecule has 1 aromatic heterocycles. The van der Waals surface area contributed by atoms with E-state index in [1.807, 2.05) is 29.6 Å². The number of phenolic OH excluding ortho intramolecular Hbond substituents is 1. The average molecular weight is 690 g/mol. The Hall–Kier alpha value is -4.76. The topological polar surface area (TPSA) is 210 Å². The van der Waals surface area contributed by atoms with Crippen molar-refractivity contribution < 1.29 is 39.9 Å². The van der Waals surface area contributed by atoms with Gasteiger partial charge in [0, 0.05) is 41.2 Å². The van der Waals surface area contributed by atoms with Crippen molar-refractivity contribution in [1.29, 1.82) is 0 Å². The summed E-state index contributed by atoms with van der Waals surface area (Å²) in [4.78, 5) is 48.1. The Balaban J connectivity index is 1.39. The monoisotopic (exact) mass is 689 g/mol. The molecule has 0 unspecified atom stereocenters. The van der Waals surface area contributed by atoms with Crippen LogP contribution in [0.2, 0.25) is 0 Å². The molecule has 0 spiro atoms. The first kappa shape index (κ1) is 34.1. The number of nitrogens with one attached hydrogen (secondary N) is 1. The molecule has 6 atom stereocenters. The molecule has 6 rings (SSSR count). The van der Waals surface area contributed by atoms with Crippen molar-refractivity contribution in [2.75, 3.05) is 37.4 Å². The number of thiazole rings is 1. The van der Waals surface area contributed by atoms with E-state index in [1.165, 1.54) is 30.3 Å². The second-order valence-corrected chi connectivity index (χ2v) is 13.7. The van der Waals surface area contributed by atoms with Gasteiger partial charge in [0.2, 0.25) is 5.78 Å². The number of aliphatic hydroxyl groups is 4. The van der Waals surface area contributed by atoms with E-state index in [-0.39, 0.29) is 11.3 Å². The second-order valence-electron chi connectivity index (χ2n) is 12.9. The Morgan fingerprint density at radius 2 is 1.71 bits per heavy atom. The molecule has 0 bridgehead atoms. The van der Waals surface area contributed by atoms with E-state index in [9.17, 15) is 39.9 Å². The first-order valence-corrected chi connectivity index (χ1v) is 16.8. The van der Waals surface area contributed by atoms with E-state index in [1.54, 1.807) is 19.1 Å². The molecule has 0 radical (unpaired) electrons. The fourth-order valence-corrected chi connectivity index (χ4v) is 8.46. The molecule has 1 heterocycles. The van der Waals surface area contributed by atoms with Gasteiger partial charge in [-0.15, -0.1) is 11.3 Å².